The van der Waals surface area contributed by atoms with Crippen LogP contribution in [0.15, 0.2) is 30.3 Å². The third-order valence-corrected chi connectivity index (χ3v) is 1.83. The van der Waals surface area contributed by atoms with E-state index in [9.17, 15) is 0 Å². The molecule has 1 heterocycles. The van der Waals surface area contributed by atoms with Crippen molar-refractivity contribution >= 4 is 29.9 Å². The molecular formula is C8H11IN4. The van der Waals surface area contributed by atoms with Gasteiger partial charge in [-0.05, 0) is 5.56 Å². The van der Waals surface area contributed by atoms with E-state index >= 15 is 0 Å². The van der Waals surface area contributed by atoms with E-state index in [0.717, 1.165) is 5.56 Å². The molecule has 1 aromatic rings. The Labute approximate surface area is 93.6 Å². The van der Waals surface area contributed by atoms with E-state index in [1.807, 2.05) is 30.3 Å². The average Bonchev–Trinajstić information content (AvgIpc) is 2.84. The van der Waals surface area contributed by atoms with Gasteiger partial charge in [-0.15, -0.1) is 24.0 Å². The molecule has 0 radical (unpaired) electrons. The first-order valence-corrected chi connectivity index (χ1v) is 3.73. The molecular weight excluding hydrogens is 279 g/mol. The van der Waals surface area contributed by atoms with Crippen LogP contribution in [0.5, 0.6) is 0 Å². The second-order valence-electron chi connectivity index (χ2n) is 2.70. The lowest BCUT2D eigenvalue weighted by Gasteiger charge is -1.97. The molecule has 1 aromatic carbocycles. The first-order valence-electron chi connectivity index (χ1n) is 3.73. The standard InChI is InChI=1S/C8H10N4.HI/c9-8(10)12-7(11-12)6-4-2-1-3-5-6;/h1-5,7,11H,(H3,9,10);1H. The topological polar surface area (TPSA) is 74.8 Å². The highest BCUT2D eigenvalue weighted by Gasteiger charge is 2.35. The van der Waals surface area contributed by atoms with E-state index in [2.05, 4.69) is 5.43 Å². The van der Waals surface area contributed by atoms with Gasteiger partial charge < -0.3 is 5.73 Å². The van der Waals surface area contributed by atoms with Crippen molar-refractivity contribution in [2.75, 3.05) is 0 Å². The lowest BCUT2D eigenvalue weighted by molar-refractivity contribution is 0.707. The number of guanidine groups is 1. The van der Waals surface area contributed by atoms with Crippen LogP contribution in [0.25, 0.3) is 0 Å². The van der Waals surface area contributed by atoms with Gasteiger partial charge in [-0.2, -0.15) is 0 Å². The molecule has 1 fully saturated rings. The first-order chi connectivity index (χ1) is 5.79. The predicted octanol–water partition coefficient (Wildman–Crippen LogP) is 1.02. The van der Waals surface area contributed by atoms with Crippen LogP contribution in [-0.2, 0) is 0 Å². The lowest BCUT2D eigenvalue weighted by atomic mass is 10.2. The van der Waals surface area contributed by atoms with Crippen LogP contribution in [0, 0.1) is 5.41 Å². The van der Waals surface area contributed by atoms with Crippen molar-refractivity contribution in [2.24, 2.45) is 5.73 Å². The summed E-state index contributed by atoms with van der Waals surface area (Å²) in [5, 5.41) is 8.74. The van der Waals surface area contributed by atoms with Crippen LogP contribution in [0.1, 0.15) is 11.7 Å². The highest BCUT2D eigenvalue weighted by Crippen LogP contribution is 2.26. The molecule has 1 aliphatic rings. The van der Waals surface area contributed by atoms with Gasteiger partial charge in [-0.1, -0.05) is 30.3 Å². The van der Waals surface area contributed by atoms with Gasteiger partial charge in [0.15, 0.2) is 0 Å². The van der Waals surface area contributed by atoms with Gasteiger partial charge in [0.2, 0.25) is 5.96 Å². The molecule has 0 amide bonds. The van der Waals surface area contributed by atoms with Crippen molar-refractivity contribution in [2.45, 2.75) is 6.17 Å². The van der Waals surface area contributed by atoms with Gasteiger partial charge in [-0.25, -0.2) is 5.43 Å². The molecule has 0 aliphatic carbocycles. The minimum absolute atomic E-state index is 0. The molecule has 70 valence electrons. The van der Waals surface area contributed by atoms with Crippen molar-refractivity contribution in [3.8, 4) is 0 Å². The van der Waals surface area contributed by atoms with Crippen LogP contribution in [-0.4, -0.2) is 11.0 Å². The maximum Gasteiger partial charge on any atom is 0.205 e. The van der Waals surface area contributed by atoms with Crippen LogP contribution >= 0.6 is 24.0 Å². The largest absolute Gasteiger partial charge is 0.369 e. The molecule has 0 aromatic heterocycles. The van der Waals surface area contributed by atoms with E-state index in [1.165, 1.54) is 0 Å². The minimum atomic E-state index is 0. The Kier molecular flexibility index (Phi) is 3.10. The summed E-state index contributed by atoms with van der Waals surface area (Å²) < 4.78 is 0. The summed E-state index contributed by atoms with van der Waals surface area (Å²) in [5.41, 5.74) is 9.37. The fourth-order valence-corrected chi connectivity index (χ4v) is 1.17. The van der Waals surface area contributed by atoms with Crippen molar-refractivity contribution in [3.63, 3.8) is 0 Å². The molecule has 0 saturated carbocycles. The molecule has 13 heavy (non-hydrogen) atoms. The molecule has 1 aliphatic heterocycles. The van der Waals surface area contributed by atoms with Gasteiger partial charge in [0.05, 0.1) is 0 Å². The molecule has 1 atom stereocenters. The maximum atomic E-state index is 7.13. The Hall–Kier alpha value is -0.820. The second-order valence-corrected chi connectivity index (χ2v) is 2.70. The van der Waals surface area contributed by atoms with Crippen molar-refractivity contribution in [1.29, 1.82) is 5.41 Å². The number of hydrazine groups is 1. The third kappa shape index (κ3) is 2.10. The molecule has 2 rings (SSSR count). The van der Waals surface area contributed by atoms with Crippen molar-refractivity contribution < 1.29 is 0 Å². The fraction of sp³-hybridized carbons (Fsp3) is 0.125. The monoisotopic (exact) mass is 290 g/mol. The third-order valence-electron chi connectivity index (χ3n) is 1.83. The highest BCUT2D eigenvalue weighted by atomic mass is 127. The van der Waals surface area contributed by atoms with Crippen LogP contribution in [0.3, 0.4) is 0 Å². The number of rotatable bonds is 1. The zero-order valence-electron chi connectivity index (χ0n) is 6.90. The molecule has 4 nitrogen and oxygen atoms in total. The number of hydrogen-bond acceptors (Lipinski definition) is 2. The predicted molar refractivity (Wildman–Crippen MR) is 61.5 cm³/mol. The van der Waals surface area contributed by atoms with Crippen molar-refractivity contribution in [3.05, 3.63) is 35.9 Å². The van der Waals surface area contributed by atoms with E-state index < -0.39 is 0 Å². The Morgan fingerprint density at radius 1 is 1.38 bits per heavy atom. The van der Waals surface area contributed by atoms with E-state index in [0.29, 0.717) is 0 Å². The average molecular weight is 290 g/mol. The second kappa shape index (κ2) is 3.93. The Morgan fingerprint density at radius 3 is 2.46 bits per heavy atom. The van der Waals surface area contributed by atoms with Gasteiger partial charge in [0, 0.05) is 0 Å². The summed E-state index contributed by atoms with van der Waals surface area (Å²) in [5.74, 6) is 0.0591. The molecule has 4 N–H and O–H groups in total. The van der Waals surface area contributed by atoms with Gasteiger partial charge >= 0.3 is 0 Å². The Bertz CT molecular complexity index is 300. The summed E-state index contributed by atoms with van der Waals surface area (Å²) in [7, 11) is 0. The van der Waals surface area contributed by atoms with E-state index in [4.69, 9.17) is 11.1 Å². The van der Waals surface area contributed by atoms with Crippen LogP contribution in [0.4, 0.5) is 0 Å². The number of nitrogens with two attached hydrogens (primary N) is 1. The molecule has 1 unspecified atom stereocenters. The molecule has 1 saturated heterocycles. The number of nitrogens with zero attached hydrogens (tertiary/aromatic N) is 1. The molecule has 0 bridgehead atoms. The maximum absolute atomic E-state index is 7.13. The van der Waals surface area contributed by atoms with Crippen LogP contribution < -0.4 is 11.2 Å². The smallest absolute Gasteiger partial charge is 0.205 e. The van der Waals surface area contributed by atoms with Gasteiger partial charge in [-0.3, -0.25) is 10.4 Å². The minimum Gasteiger partial charge on any atom is -0.369 e. The molecule has 5 heteroatoms. The number of nitrogens with one attached hydrogen (secondary N) is 2. The molecule has 0 spiro atoms. The number of hydrogen-bond donors (Lipinski definition) is 3. The summed E-state index contributed by atoms with van der Waals surface area (Å²) in [6, 6.07) is 9.90. The number of halogens is 1. The van der Waals surface area contributed by atoms with Gasteiger partial charge in [0.1, 0.15) is 6.17 Å². The SMILES string of the molecule is I.N=C(N)N1NC1c1ccccc1. The Balaban J connectivity index is 0.000000845. The zero-order valence-corrected chi connectivity index (χ0v) is 9.23. The number of benzene rings is 1. The zero-order chi connectivity index (χ0) is 8.55. The summed E-state index contributed by atoms with van der Waals surface area (Å²) in [6.45, 7) is 0. The highest BCUT2D eigenvalue weighted by molar-refractivity contribution is 14.0. The summed E-state index contributed by atoms with van der Waals surface area (Å²) in [6.07, 6.45) is 0.101. The van der Waals surface area contributed by atoms with Crippen molar-refractivity contribution in [1.82, 2.24) is 10.4 Å². The first kappa shape index (κ1) is 10.3. The summed E-state index contributed by atoms with van der Waals surface area (Å²) >= 11 is 0. The lowest BCUT2D eigenvalue weighted by Crippen LogP contribution is -2.22. The Morgan fingerprint density at radius 2 is 2.00 bits per heavy atom. The van der Waals surface area contributed by atoms with E-state index in [-0.39, 0.29) is 36.1 Å². The summed E-state index contributed by atoms with van der Waals surface area (Å²) in [4.78, 5) is 0. The van der Waals surface area contributed by atoms with Crippen LogP contribution in [0.2, 0.25) is 0 Å². The fourth-order valence-electron chi connectivity index (χ4n) is 1.17. The normalized spacial score (nSPS) is 19.1. The van der Waals surface area contributed by atoms with Gasteiger partial charge in [0.25, 0.3) is 0 Å². The van der Waals surface area contributed by atoms with E-state index in [1.54, 1.807) is 5.01 Å². The quantitative estimate of drug-likeness (QED) is 0.313.